The number of benzene rings is 1. The van der Waals surface area contributed by atoms with E-state index in [0.29, 0.717) is 15.5 Å². The van der Waals surface area contributed by atoms with E-state index in [1.807, 2.05) is 0 Å². The molecule has 1 aromatic carbocycles. The Hall–Kier alpha value is -0.710. The maximum absolute atomic E-state index is 11.9. The molecule has 0 aliphatic carbocycles. The fourth-order valence-electron chi connectivity index (χ4n) is 1.36. The van der Waals surface area contributed by atoms with E-state index in [9.17, 15) is 9.90 Å². The number of hydrogen-bond acceptors (Lipinski definition) is 3. The maximum Gasteiger partial charge on any atom is 0.255 e. The van der Waals surface area contributed by atoms with Gasteiger partial charge in [0.1, 0.15) is 0 Å². The van der Waals surface area contributed by atoms with Gasteiger partial charge in [0.2, 0.25) is 0 Å². The summed E-state index contributed by atoms with van der Waals surface area (Å²) in [6.45, 7) is 1.90. The van der Waals surface area contributed by atoms with Gasteiger partial charge >= 0.3 is 0 Å². The summed E-state index contributed by atoms with van der Waals surface area (Å²) in [4.78, 5) is 14.1. The number of amides is 1. The van der Waals surface area contributed by atoms with E-state index in [2.05, 4.69) is 12.6 Å². The number of carbonyl (C=O) groups is 1. The molecule has 1 aromatic rings. The highest BCUT2D eigenvalue weighted by atomic mass is 35.5. The van der Waals surface area contributed by atoms with Crippen LogP contribution in [0.5, 0.6) is 0 Å². The molecule has 0 spiro atoms. The Morgan fingerprint density at radius 1 is 1.62 bits per heavy atom. The Kier molecular flexibility index (Phi) is 4.65. The van der Waals surface area contributed by atoms with E-state index in [-0.39, 0.29) is 12.5 Å². The molecule has 0 saturated carbocycles. The monoisotopic (exact) mass is 259 g/mol. The lowest BCUT2D eigenvalue weighted by Crippen LogP contribution is -2.33. The Balaban J connectivity index is 2.91. The number of halogens is 1. The highest BCUT2D eigenvalue weighted by Gasteiger charge is 2.16. The fourth-order valence-corrected chi connectivity index (χ4v) is 1.76. The molecule has 0 saturated heterocycles. The average molecular weight is 260 g/mol. The summed E-state index contributed by atoms with van der Waals surface area (Å²) in [7, 11) is 1.62. The molecule has 5 heteroatoms. The van der Waals surface area contributed by atoms with Crippen LogP contribution in [-0.4, -0.2) is 35.6 Å². The van der Waals surface area contributed by atoms with Crippen LogP contribution in [0.15, 0.2) is 23.1 Å². The molecule has 0 fully saturated rings. The second-order valence-electron chi connectivity index (χ2n) is 3.70. The van der Waals surface area contributed by atoms with Gasteiger partial charge in [0.25, 0.3) is 5.91 Å². The van der Waals surface area contributed by atoms with Crippen molar-refractivity contribution in [2.45, 2.75) is 17.9 Å². The van der Waals surface area contributed by atoms with E-state index in [1.165, 1.54) is 4.90 Å². The van der Waals surface area contributed by atoms with E-state index in [1.54, 1.807) is 32.2 Å². The first-order valence-electron chi connectivity index (χ1n) is 4.84. The lowest BCUT2D eigenvalue weighted by molar-refractivity contribution is 0.0703. The zero-order chi connectivity index (χ0) is 12.3. The summed E-state index contributed by atoms with van der Waals surface area (Å²) < 4.78 is 0. The highest BCUT2D eigenvalue weighted by molar-refractivity contribution is 7.80. The number of aliphatic hydroxyl groups is 1. The van der Waals surface area contributed by atoms with Crippen LogP contribution in [0.4, 0.5) is 0 Å². The topological polar surface area (TPSA) is 40.5 Å². The predicted molar refractivity (Wildman–Crippen MR) is 67.3 cm³/mol. The molecule has 0 aliphatic rings. The molecule has 1 rings (SSSR count). The van der Waals surface area contributed by atoms with Gasteiger partial charge in [0, 0.05) is 18.5 Å². The number of likely N-dealkylation sites (N-methyl/N-ethyl adjacent to an activating group) is 1. The van der Waals surface area contributed by atoms with E-state index in [4.69, 9.17) is 11.6 Å². The average Bonchev–Trinajstić information content (AvgIpc) is 2.19. The molecule has 0 bridgehead atoms. The lowest BCUT2D eigenvalue weighted by Gasteiger charge is -2.19. The van der Waals surface area contributed by atoms with Gasteiger partial charge in [-0.3, -0.25) is 4.79 Å². The zero-order valence-corrected chi connectivity index (χ0v) is 10.8. The van der Waals surface area contributed by atoms with E-state index >= 15 is 0 Å². The second-order valence-corrected chi connectivity index (χ2v) is 4.62. The molecule has 1 amide bonds. The summed E-state index contributed by atoms with van der Waals surface area (Å²) in [6.07, 6.45) is -0.563. The molecule has 3 nitrogen and oxygen atoms in total. The van der Waals surface area contributed by atoms with Crippen molar-refractivity contribution < 1.29 is 9.90 Å². The van der Waals surface area contributed by atoms with Gasteiger partial charge in [-0.1, -0.05) is 11.6 Å². The van der Waals surface area contributed by atoms with E-state index < -0.39 is 6.10 Å². The predicted octanol–water partition coefficient (Wildman–Crippen LogP) is 2.08. The molecular formula is C11H14ClNO2S. The first-order valence-corrected chi connectivity index (χ1v) is 5.66. The second kappa shape index (κ2) is 5.57. The van der Waals surface area contributed by atoms with Crippen molar-refractivity contribution in [3.05, 3.63) is 28.8 Å². The first kappa shape index (κ1) is 13.4. The van der Waals surface area contributed by atoms with Crippen molar-refractivity contribution in [3.63, 3.8) is 0 Å². The number of aliphatic hydroxyl groups excluding tert-OH is 1. The molecule has 1 N–H and O–H groups in total. The summed E-state index contributed by atoms with van der Waals surface area (Å²) >= 11 is 10.1. The summed E-state index contributed by atoms with van der Waals surface area (Å²) in [6, 6.07) is 4.97. The number of nitrogens with zero attached hydrogens (tertiary/aromatic N) is 1. The van der Waals surface area contributed by atoms with Crippen LogP contribution in [0.3, 0.4) is 0 Å². The van der Waals surface area contributed by atoms with Gasteiger partial charge < -0.3 is 10.0 Å². The Bertz CT molecular complexity index is 396. The Labute approximate surface area is 105 Å². The zero-order valence-electron chi connectivity index (χ0n) is 9.14. The molecule has 1 unspecified atom stereocenters. The van der Waals surface area contributed by atoms with Crippen molar-refractivity contribution in [3.8, 4) is 0 Å². The van der Waals surface area contributed by atoms with Crippen LogP contribution in [0.25, 0.3) is 0 Å². The molecule has 0 radical (unpaired) electrons. The SMILES string of the molecule is CC(O)CN(C)C(=O)c1cc(S)ccc1Cl. The van der Waals surface area contributed by atoms with Gasteiger partial charge in [-0.2, -0.15) is 0 Å². The van der Waals surface area contributed by atoms with Crippen LogP contribution in [0, 0.1) is 0 Å². The van der Waals surface area contributed by atoms with Gasteiger partial charge in [0.05, 0.1) is 16.7 Å². The minimum atomic E-state index is -0.563. The van der Waals surface area contributed by atoms with Crippen LogP contribution in [-0.2, 0) is 0 Å². The van der Waals surface area contributed by atoms with Gasteiger partial charge in [-0.15, -0.1) is 12.6 Å². The van der Waals surface area contributed by atoms with Crippen molar-refractivity contribution in [1.29, 1.82) is 0 Å². The lowest BCUT2D eigenvalue weighted by atomic mass is 10.2. The fraction of sp³-hybridized carbons (Fsp3) is 0.364. The maximum atomic E-state index is 11.9. The molecule has 0 aliphatic heterocycles. The third-order valence-corrected chi connectivity index (χ3v) is 2.67. The highest BCUT2D eigenvalue weighted by Crippen LogP contribution is 2.20. The Morgan fingerprint density at radius 3 is 2.81 bits per heavy atom. The minimum Gasteiger partial charge on any atom is -0.392 e. The van der Waals surface area contributed by atoms with Crippen molar-refractivity contribution >= 4 is 30.1 Å². The quantitative estimate of drug-likeness (QED) is 0.816. The van der Waals surface area contributed by atoms with Crippen molar-refractivity contribution in [1.82, 2.24) is 4.90 Å². The van der Waals surface area contributed by atoms with Crippen molar-refractivity contribution in [2.24, 2.45) is 0 Å². The third-order valence-electron chi connectivity index (χ3n) is 2.07. The molecular weight excluding hydrogens is 246 g/mol. The first-order chi connectivity index (χ1) is 7.41. The molecule has 16 heavy (non-hydrogen) atoms. The summed E-state index contributed by atoms with van der Waals surface area (Å²) in [5.41, 5.74) is 0.400. The molecule has 88 valence electrons. The minimum absolute atomic E-state index is 0.221. The van der Waals surface area contributed by atoms with E-state index in [0.717, 1.165) is 0 Å². The largest absolute Gasteiger partial charge is 0.392 e. The Morgan fingerprint density at radius 2 is 2.25 bits per heavy atom. The third kappa shape index (κ3) is 3.40. The van der Waals surface area contributed by atoms with Crippen LogP contribution >= 0.6 is 24.2 Å². The summed E-state index contributed by atoms with van der Waals surface area (Å²) in [5.74, 6) is -0.221. The van der Waals surface area contributed by atoms with Crippen molar-refractivity contribution in [2.75, 3.05) is 13.6 Å². The van der Waals surface area contributed by atoms with Crippen LogP contribution in [0.2, 0.25) is 5.02 Å². The van der Waals surface area contributed by atoms with Gasteiger partial charge in [0.15, 0.2) is 0 Å². The molecule has 1 atom stereocenters. The van der Waals surface area contributed by atoms with Gasteiger partial charge in [-0.25, -0.2) is 0 Å². The number of hydrogen-bond donors (Lipinski definition) is 2. The summed E-state index contributed by atoms with van der Waals surface area (Å²) in [5, 5.41) is 9.59. The number of rotatable bonds is 3. The smallest absolute Gasteiger partial charge is 0.255 e. The number of carbonyl (C=O) groups excluding carboxylic acids is 1. The van der Waals surface area contributed by atoms with Gasteiger partial charge in [-0.05, 0) is 25.1 Å². The number of thiol groups is 1. The normalized spacial score (nSPS) is 12.3. The standard InChI is InChI=1S/C11H14ClNO2S/c1-7(14)6-13(2)11(15)9-5-8(16)3-4-10(9)12/h3-5,7,14,16H,6H2,1-2H3. The molecule has 0 aromatic heterocycles. The van der Waals surface area contributed by atoms with Crippen LogP contribution < -0.4 is 0 Å². The van der Waals surface area contributed by atoms with Crippen LogP contribution in [0.1, 0.15) is 17.3 Å². The molecule has 0 heterocycles.